The first-order valence-corrected chi connectivity index (χ1v) is 16.6. The molecule has 7 heterocycles. The van der Waals surface area contributed by atoms with Gasteiger partial charge in [-0.3, -0.25) is 9.20 Å². The number of ether oxygens (including phenoxy) is 1. The van der Waals surface area contributed by atoms with Crippen molar-refractivity contribution in [3.63, 3.8) is 0 Å². The normalized spacial score (nSPS) is 24.1. The summed E-state index contributed by atoms with van der Waals surface area (Å²) in [4.78, 5) is 39.7. The van der Waals surface area contributed by atoms with Gasteiger partial charge < -0.3 is 30.2 Å². The number of amides is 3. The predicted molar refractivity (Wildman–Crippen MR) is 172 cm³/mol. The van der Waals surface area contributed by atoms with Gasteiger partial charge in [0.1, 0.15) is 17.0 Å². The Kier molecular flexibility index (Phi) is 6.98. The average Bonchev–Trinajstić information content (AvgIpc) is 3.30. The number of nitrogens with zero attached hydrogens (tertiary/aromatic N) is 6. The summed E-state index contributed by atoms with van der Waals surface area (Å²) in [6, 6.07) is 8.84. The van der Waals surface area contributed by atoms with Crippen molar-refractivity contribution >= 4 is 28.6 Å². The van der Waals surface area contributed by atoms with E-state index in [-0.39, 0.29) is 37.0 Å². The lowest BCUT2D eigenvalue weighted by Crippen LogP contribution is -2.41. The second kappa shape index (κ2) is 10.9. The van der Waals surface area contributed by atoms with Gasteiger partial charge >= 0.3 is 6.03 Å². The average molecular weight is 647 g/mol. The molecule has 0 aromatic carbocycles. The van der Waals surface area contributed by atoms with Gasteiger partial charge in [0.15, 0.2) is 5.88 Å². The molecule has 4 fully saturated rings. The molecular weight excluding hydrogens is 606 g/mol. The molecule has 8 rings (SSSR count). The fourth-order valence-electron chi connectivity index (χ4n) is 7.88. The van der Waals surface area contributed by atoms with Crippen LogP contribution in [0.25, 0.3) is 28.1 Å². The molecule has 4 aromatic rings. The van der Waals surface area contributed by atoms with Gasteiger partial charge in [-0.15, -0.1) is 0 Å². The highest BCUT2D eigenvalue weighted by molar-refractivity contribution is 5.97. The number of hydrogen-bond donors (Lipinski definition) is 2. The van der Waals surface area contributed by atoms with Crippen LogP contribution < -0.4 is 15.8 Å². The number of imidazole rings is 1. The molecular formula is C34H40F2N8O3. The van der Waals surface area contributed by atoms with Crippen LogP contribution in [-0.2, 0) is 6.54 Å². The highest BCUT2D eigenvalue weighted by atomic mass is 19.3. The van der Waals surface area contributed by atoms with Crippen molar-refractivity contribution in [3.05, 3.63) is 47.3 Å². The van der Waals surface area contributed by atoms with Crippen molar-refractivity contribution < 1.29 is 23.1 Å². The van der Waals surface area contributed by atoms with E-state index in [0.29, 0.717) is 28.7 Å². The highest BCUT2D eigenvalue weighted by Gasteiger charge is 2.47. The van der Waals surface area contributed by atoms with Gasteiger partial charge in [-0.2, -0.15) is 0 Å². The zero-order chi connectivity index (χ0) is 32.8. The number of nitrogens with one attached hydrogen (secondary N) is 1. The lowest BCUT2D eigenvalue weighted by atomic mass is 9.97. The molecule has 11 nitrogen and oxygen atoms in total. The molecule has 47 heavy (non-hydrogen) atoms. The second-order valence-corrected chi connectivity index (χ2v) is 13.9. The number of halogens is 2. The summed E-state index contributed by atoms with van der Waals surface area (Å²) in [6.45, 7) is 4.03. The number of urea groups is 1. The fourth-order valence-corrected chi connectivity index (χ4v) is 7.88. The third-order valence-corrected chi connectivity index (χ3v) is 10.6. The summed E-state index contributed by atoms with van der Waals surface area (Å²) >= 11 is 0. The van der Waals surface area contributed by atoms with Crippen molar-refractivity contribution in [2.45, 2.75) is 89.0 Å². The van der Waals surface area contributed by atoms with E-state index in [1.54, 1.807) is 13.2 Å². The molecule has 4 atom stereocenters. The van der Waals surface area contributed by atoms with Gasteiger partial charge in [0.2, 0.25) is 0 Å². The molecule has 248 valence electrons. The number of hydrogen-bond acceptors (Lipinski definition) is 6. The number of aryl methyl sites for hydroxylation is 1. The highest BCUT2D eigenvalue weighted by Crippen LogP contribution is 2.40. The van der Waals surface area contributed by atoms with E-state index in [1.165, 1.54) is 0 Å². The van der Waals surface area contributed by atoms with Gasteiger partial charge in [0.05, 0.1) is 36.8 Å². The Hall–Kier alpha value is -4.26. The first-order valence-electron chi connectivity index (χ1n) is 16.6. The summed E-state index contributed by atoms with van der Waals surface area (Å²) in [5.74, 6) is -1.82. The van der Waals surface area contributed by atoms with E-state index in [2.05, 4.69) is 16.0 Å². The number of carbonyl (C=O) groups excluding carboxylic acids is 2. The second-order valence-electron chi connectivity index (χ2n) is 13.9. The Bertz CT molecular complexity index is 1920. The van der Waals surface area contributed by atoms with Crippen LogP contribution in [0.2, 0.25) is 0 Å². The molecule has 1 saturated carbocycles. The standard InChI is InChI=1S/C34H40F2N8O3/c1-18(38-33(46)41-11-10-34(35,36)17-41)25-8-6-21-12-27(42(31(21)39-25)16-20-4-5-20)30-19(2)43-28(40-30)13-22(14-29(43)47-3)32(45)44-23-7-9-26(44)24(37)15-23/h6,8,12-14,18,20,23-24,26H,4-5,7,9-11,15-17,37H2,1-3H3,(H,38,46)/t18-,23+,24-,26-/m1/s1. The van der Waals surface area contributed by atoms with Crippen molar-refractivity contribution in [2.75, 3.05) is 20.2 Å². The molecule has 1 aliphatic carbocycles. The fraction of sp³-hybridized carbons (Fsp3) is 0.529. The number of methoxy groups -OCH3 is 1. The van der Waals surface area contributed by atoms with Crippen LogP contribution >= 0.6 is 0 Å². The minimum absolute atomic E-state index is 0.0171. The summed E-state index contributed by atoms with van der Waals surface area (Å²) in [5.41, 5.74) is 11.5. The van der Waals surface area contributed by atoms with E-state index in [1.807, 2.05) is 41.3 Å². The number of nitrogens with two attached hydrogens (primary N) is 1. The molecule has 0 radical (unpaired) electrons. The van der Waals surface area contributed by atoms with Crippen LogP contribution in [0.3, 0.4) is 0 Å². The Morgan fingerprint density at radius 2 is 1.96 bits per heavy atom. The zero-order valence-corrected chi connectivity index (χ0v) is 26.9. The summed E-state index contributed by atoms with van der Waals surface area (Å²) in [5, 5.41) is 3.78. The van der Waals surface area contributed by atoms with E-state index in [9.17, 15) is 18.4 Å². The maximum Gasteiger partial charge on any atom is 0.318 e. The minimum atomic E-state index is -2.85. The van der Waals surface area contributed by atoms with Crippen molar-refractivity contribution in [1.82, 2.24) is 34.1 Å². The van der Waals surface area contributed by atoms with Crippen molar-refractivity contribution in [2.24, 2.45) is 11.7 Å². The van der Waals surface area contributed by atoms with Crippen molar-refractivity contribution in [3.8, 4) is 17.3 Å². The summed E-state index contributed by atoms with van der Waals surface area (Å²) in [6.07, 6.45) is 4.71. The first kappa shape index (κ1) is 30.1. The van der Waals surface area contributed by atoms with E-state index >= 15 is 0 Å². The Labute approximate surface area is 271 Å². The third-order valence-electron chi connectivity index (χ3n) is 10.6. The van der Waals surface area contributed by atoms with Gasteiger partial charge in [-0.1, -0.05) is 0 Å². The number of fused-ring (bicyclic) bond motifs is 4. The molecule has 0 unspecified atom stereocenters. The van der Waals surface area contributed by atoms with Crippen LogP contribution in [0.1, 0.15) is 73.2 Å². The topological polar surface area (TPSA) is 123 Å². The van der Waals surface area contributed by atoms with Gasteiger partial charge in [-0.05, 0) is 76.1 Å². The predicted octanol–water partition coefficient (Wildman–Crippen LogP) is 4.89. The molecule has 4 aromatic heterocycles. The number of aromatic nitrogens is 4. The molecule has 13 heteroatoms. The lowest BCUT2D eigenvalue weighted by Gasteiger charge is -2.23. The molecule has 4 aliphatic rings. The monoisotopic (exact) mass is 646 g/mol. The summed E-state index contributed by atoms with van der Waals surface area (Å²) < 4.78 is 37.4. The van der Waals surface area contributed by atoms with Crippen LogP contribution in [0, 0.1) is 12.8 Å². The smallest absolute Gasteiger partial charge is 0.318 e. The number of pyridine rings is 2. The first-order chi connectivity index (χ1) is 22.5. The Balaban J connectivity index is 1.15. The van der Waals surface area contributed by atoms with Crippen molar-refractivity contribution in [1.29, 1.82) is 0 Å². The van der Waals surface area contributed by atoms with Crippen LogP contribution in [0.15, 0.2) is 30.3 Å². The van der Waals surface area contributed by atoms with Crippen LogP contribution in [0.5, 0.6) is 5.88 Å². The van der Waals surface area contributed by atoms with Crippen LogP contribution in [0.4, 0.5) is 13.6 Å². The van der Waals surface area contributed by atoms with E-state index in [4.69, 9.17) is 20.4 Å². The largest absolute Gasteiger partial charge is 0.482 e. The third kappa shape index (κ3) is 5.10. The quantitative estimate of drug-likeness (QED) is 0.295. The van der Waals surface area contributed by atoms with Gasteiger partial charge in [0.25, 0.3) is 11.8 Å². The molecule has 2 bridgehead atoms. The number of alkyl halides is 2. The zero-order valence-electron chi connectivity index (χ0n) is 26.9. The molecule has 3 amide bonds. The van der Waals surface area contributed by atoms with E-state index in [0.717, 1.165) is 71.7 Å². The number of rotatable bonds is 7. The lowest BCUT2D eigenvalue weighted by molar-refractivity contribution is 0.0153. The SMILES string of the molecule is COc1cc(C(=O)N2[C@H]3CC[C@@H]2[C@H](N)C3)cc2nc(-c3cc4ccc([C@@H](C)NC(=O)N5CCC(F)(F)C5)nc4n3CC3CC3)c(C)n12. The molecule has 3 saturated heterocycles. The molecule has 3 N–H and O–H groups in total. The molecule has 3 aliphatic heterocycles. The Morgan fingerprint density at radius 1 is 1.15 bits per heavy atom. The van der Waals surface area contributed by atoms with Gasteiger partial charge in [-0.25, -0.2) is 23.5 Å². The van der Waals surface area contributed by atoms with Gasteiger partial charge in [0, 0.05) is 54.7 Å². The Morgan fingerprint density at radius 3 is 2.62 bits per heavy atom. The maximum atomic E-state index is 13.8. The van der Waals surface area contributed by atoms with Crippen LogP contribution in [-0.4, -0.2) is 84.9 Å². The summed E-state index contributed by atoms with van der Waals surface area (Å²) in [7, 11) is 1.60. The van der Waals surface area contributed by atoms with E-state index < -0.39 is 24.5 Å². The molecule has 0 spiro atoms. The maximum absolute atomic E-state index is 13.8. The minimum Gasteiger partial charge on any atom is -0.482 e. The number of carbonyl (C=O) groups is 2. The number of likely N-dealkylation sites (tertiary alicyclic amines) is 1.